The maximum Gasteiger partial charge on any atom is 0.466 e. The molecule has 0 aromatic heterocycles. The fourth-order valence-electron chi connectivity index (χ4n) is 1.01. The number of hydrogen-bond donors (Lipinski definition) is 3. The lowest BCUT2D eigenvalue weighted by Gasteiger charge is -2.01. The summed E-state index contributed by atoms with van der Waals surface area (Å²) in [5, 5.41) is 0. The predicted octanol–water partition coefficient (Wildman–Crippen LogP) is 3.48. The van der Waals surface area contributed by atoms with Crippen molar-refractivity contribution in [3.8, 4) is 0 Å². The van der Waals surface area contributed by atoms with Gasteiger partial charge in [-0.05, 0) is 12.8 Å². The van der Waals surface area contributed by atoms with E-state index in [1.165, 1.54) is 38.5 Å². The van der Waals surface area contributed by atoms with Gasteiger partial charge in [0.05, 0.1) is 0 Å². The first kappa shape index (κ1) is 23.2. The molecule has 0 aliphatic rings. The molecular formula is C12H31O5P. The molecule has 0 saturated heterocycles. The Bertz CT molecular complexity index is 154. The van der Waals surface area contributed by atoms with E-state index in [0.717, 1.165) is 13.2 Å². The van der Waals surface area contributed by atoms with E-state index in [4.69, 9.17) is 24.0 Å². The summed E-state index contributed by atoms with van der Waals surface area (Å²) in [6.45, 7) is 10.4. The minimum Gasteiger partial charge on any atom is -0.381 e. The van der Waals surface area contributed by atoms with E-state index in [0.29, 0.717) is 0 Å². The van der Waals surface area contributed by atoms with Gasteiger partial charge in [-0.1, -0.05) is 53.4 Å². The summed E-state index contributed by atoms with van der Waals surface area (Å²) < 4.78 is 14.3. The average Bonchev–Trinajstić information content (AvgIpc) is 2.29. The summed E-state index contributed by atoms with van der Waals surface area (Å²) in [7, 11) is -4.64. The van der Waals surface area contributed by atoms with Gasteiger partial charge in [0.25, 0.3) is 0 Å². The van der Waals surface area contributed by atoms with Crippen molar-refractivity contribution in [2.75, 3.05) is 13.2 Å². The molecule has 0 rings (SSSR count). The maximum absolute atomic E-state index is 8.88. The summed E-state index contributed by atoms with van der Waals surface area (Å²) in [6, 6.07) is 0. The molecule has 5 nitrogen and oxygen atoms in total. The monoisotopic (exact) mass is 286 g/mol. The Kier molecular flexibility index (Phi) is 25.0. The second-order valence-electron chi connectivity index (χ2n) is 3.54. The molecule has 114 valence electrons. The van der Waals surface area contributed by atoms with Gasteiger partial charge >= 0.3 is 7.82 Å². The van der Waals surface area contributed by atoms with Crippen molar-refractivity contribution in [3.05, 3.63) is 0 Å². The van der Waals surface area contributed by atoms with Crippen LogP contribution in [0.4, 0.5) is 0 Å². The second-order valence-corrected chi connectivity index (χ2v) is 4.57. The lowest BCUT2D eigenvalue weighted by molar-refractivity contribution is 0.126. The molecule has 0 aromatic carbocycles. The topological polar surface area (TPSA) is 87.0 Å². The van der Waals surface area contributed by atoms with Crippen LogP contribution in [0.25, 0.3) is 0 Å². The number of hydrogen-bond acceptors (Lipinski definition) is 2. The highest BCUT2D eigenvalue weighted by Crippen LogP contribution is 2.25. The van der Waals surface area contributed by atoms with E-state index in [1.54, 1.807) is 0 Å². The molecule has 0 heterocycles. The molecule has 0 aromatic rings. The first-order chi connectivity index (χ1) is 8.41. The van der Waals surface area contributed by atoms with E-state index < -0.39 is 7.82 Å². The highest BCUT2D eigenvalue weighted by molar-refractivity contribution is 7.45. The van der Waals surface area contributed by atoms with Crippen molar-refractivity contribution < 1.29 is 24.0 Å². The third kappa shape index (κ3) is 56.0. The zero-order valence-corrected chi connectivity index (χ0v) is 13.2. The van der Waals surface area contributed by atoms with Gasteiger partial charge in [-0.3, -0.25) is 0 Å². The Morgan fingerprint density at radius 3 is 1.33 bits per heavy atom. The van der Waals surface area contributed by atoms with Crippen LogP contribution in [0.5, 0.6) is 0 Å². The fraction of sp³-hybridized carbons (Fsp3) is 1.00. The molecule has 18 heavy (non-hydrogen) atoms. The Labute approximate surface area is 112 Å². The molecule has 3 N–H and O–H groups in total. The van der Waals surface area contributed by atoms with E-state index in [-0.39, 0.29) is 0 Å². The van der Waals surface area contributed by atoms with Gasteiger partial charge in [0.15, 0.2) is 0 Å². The first-order valence-electron chi connectivity index (χ1n) is 6.77. The van der Waals surface area contributed by atoms with Gasteiger partial charge in [0.2, 0.25) is 0 Å². The van der Waals surface area contributed by atoms with Gasteiger partial charge in [-0.25, -0.2) is 4.57 Å². The molecule has 0 saturated carbocycles. The molecular weight excluding hydrogens is 255 g/mol. The van der Waals surface area contributed by atoms with Crippen LogP contribution < -0.4 is 0 Å². The van der Waals surface area contributed by atoms with Gasteiger partial charge in [0.1, 0.15) is 0 Å². The van der Waals surface area contributed by atoms with Gasteiger partial charge in [-0.15, -0.1) is 0 Å². The fourth-order valence-corrected chi connectivity index (χ4v) is 1.01. The number of phosphoric acid groups is 1. The van der Waals surface area contributed by atoms with Crippen molar-refractivity contribution in [2.45, 2.75) is 66.2 Å². The Morgan fingerprint density at radius 2 is 1.11 bits per heavy atom. The Morgan fingerprint density at radius 1 is 0.833 bits per heavy atom. The van der Waals surface area contributed by atoms with Crippen molar-refractivity contribution >= 4 is 7.82 Å². The summed E-state index contributed by atoms with van der Waals surface area (Å²) in [6.07, 6.45) is 7.68. The van der Waals surface area contributed by atoms with E-state index in [2.05, 4.69) is 13.8 Å². The SMILES string of the molecule is CC.CCCCCOCCCCC.O=P(O)(O)O. The van der Waals surface area contributed by atoms with Crippen LogP contribution in [-0.4, -0.2) is 27.9 Å². The van der Waals surface area contributed by atoms with Crippen molar-refractivity contribution in [2.24, 2.45) is 0 Å². The van der Waals surface area contributed by atoms with Crippen LogP contribution >= 0.6 is 7.82 Å². The standard InChI is InChI=1S/C10H22O.C2H6.H3O4P/c1-3-5-7-9-11-10-8-6-4-2;1-2;1-5(2,3)4/h3-10H2,1-2H3;1-2H3;(H3,1,2,3,4). The highest BCUT2D eigenvalue weighted by atomic mass is 31.2. The second kappa shape index (κ2) is 19.4. The number of rotatable bonds is 8. The molecule has 0 aliphatic carbocycles. The quantitative estimate of drug-likeness (QED) is 0.469. The average molecular weight is 286 g/mol. The lowest BCUT2D eigenvalue weighted by Crippen LogP contribution is -1.96. The summed E-state index contributed by atoms with van der Waals surface area (Å²) in [4.78, 5) is 21.6. The van der Waals surface area contributed by atoms with Crippen LogP contribution in [0, 0.1) is 0 Å². The van der Waals surface area contributed by atoms with Crippen molar-refractivity contribution in [1.82, 2.24) is 0 Å². The van der Waals surface area contributed by atoms with Gasteiger partial charge < -0.3 is 19.4 Å². The predicted molar refractivity (Wildman–Crippen MR) is 75.5 cm³/mol. The zero-order chi connectivity index (χ0) is 14.9. The normalized spacial score (nSPS) is 9.94. The van der Waals surface area contributed by atoms with Gasteiger partial charge in [-0.2, -0.15) is 0 Å². The smallest absolute Gasteiger partial charge is 0.381 e. The van der Waals surface area contributed by atoms with E-state index >= 15 is 0 Å². The molecule has 0 aliphatic heterocycles. The molecule has 0 atom stereocenters. The van der Waals surface area contributed by atoms with Crippen LogP contribution in [0.1, 0.15) is 66.2 Å². The third-order valence-corrected chi connectivity index (χ3v) is 1.78. The summed E-state index contributed by atoms with van der Waals surface area (Å²) >= 11 is 0. The highest BCUT2D eigenvalue weighted by Gasteiger charge is 2.00. The molecule has 0 unspecified atom stereocenters. The Hall–Kier alpha value is 0.0700. The molecule has 0 spiro atoms. The van der Waals surface area contributed by atoms with E-state index in [1.807, 2.05) is 13.8 Å². The molecule has 6 heteroatoms. The maximum atomic E-state index is 8.88. The zero-order valence-electron chi connectivity index (χ0n) is 12.3. The molecule has 0 radical (unpaired) electrons. The summed E-state index contributed by atoms with van der Waals surface area (Å²) in [5.41, 5.74) is 0. The lowest BCUT2D eigenvalue weighted by atomic mass is 10.2. The minimum atomic E-state index is -4.64. The van der Waals surface area contributed by atoms with E-state index in [9.17, 15) is 0 Å². The molecule has 0 bridgehead atoms. The van der Waals surface area contributed by atoms with Crippen LogP contribution in [0.15, 0.2) is 0 Å². The van der Waals surface area contributed by atoms with Gasteiger partial charge in [0, 0.05) is 13.2 Å². The molecule has 0 amide bonds. The van der Waals surface area contributed by atoms with Crippen LogP contribution in [-0.2, 0) is 9.30 Å². The molecule has 0 fully saturated rings. The largest absolute Gasteiger partial charge is 0.466 e. The minimum absolute atomic E-state index is 0.970. The van der Waals surface area contributed by atoms with Crippen LogP contribution in [0.2, 0.25) is 0 Å². The number of unbranched alkanes of at least 4 members (excludes halogenated alkanes) is 4. The summed E-state index contributed by atoms with van der Waals surface area (Å²) in [5.74, 6) is 0. The third-order valence-electron chi connectivity index (χ3n) is 1.78. The Balaban J connectivity index is -0.000000270. The van der Waals surface area contributed by atoms with Crippen molar-refractivity contribution in [1.29, 1.82) is 0 Å². The number of ether oxygens (including phenoxy) is 1. The van der Waals surface area contributed by atoms with Crippen molar-refractivity contribution in [3.63, 3.8) is 0 Å². The van der Waals surface area contributed by atoms with Crippen LogP contribution in [0.3, 0.4) is 0 Å². The first-order valence-corrected chi connectivity index (χ1v) is 8.34.